The van der Waals surface area contributed by atoms with Crippen LogP contribution in [0.15, 0.2) is 82.6 Å². The van der Waals surface area contributed by atoms with E-state index in [1.54, 1.807) is 35.0 Å². The minimum Gasteiger partial charge on any atom is -0.277 e. The second-order valence-corrected chi connectivity index (χ2v) is 9.38. The Morgan fingerprint density at radius 2 is 1.71 bits per heavy atom. The second kappa shape index (κ2) is 7.17. The fourth-order valence-corrected chi connectivity index (χ4v) is 4.41. The third-order valence-corrected chi connectivity index (χ3v) is 6.39. The molecule has 0 aliphatic carbocycles. The van der Waals surface area contributed by atoms with Gasteiger partial charge in [-0.05, 0) is 42.0 Å². The summed E-state index contributed by atoms with van der Waals surface area (Å²) in [5.41, 5.74) is 3.17. The first-order valence-corrected chi connectivity index (χ1v) is 11.5. The normalized spacial score (nSPS) is 11.9. The molecule has 3 aromatic heterocycles. The van der Waals surface area contributed by atoms with E-state index < -0.39 is 9.84 Å². The number of H-pyrrole nitrogens is 1. The van der Waals surface area contributed by atoms with E-state index in [-0.39, 0.29) is 10.5 Å². The molecule has 31 heavy (non-hydrogen) atoms. The van der Waals surface area contributed by atoms with Gasteiger partial charge in [-0.2, -0.15) is 5.10 Å². The summed E-state index contributed by atoms with van der Waals surface area (Å²) in [6.07, 6.45) is 3.22. The molecule has 0 spiro atoms. The zero-order valence-electron chi connectivity index (χ0n) is 16.6. The van der Waals surface area contributed by atoms with Crippen molar-refractivity contribution in [1.82, 2.24) is 19.7 Å². The Kier molecular flexibility index (Phi) is 4.44. The van der Waals surface area contributed by atoms with E-state index in [0.29, 0.717) is 28.7 Å². The van der Waals surface area contributed by atoms with Crippen LogP contribution in [0.5, 0.6) is 0 Å². The number of rotatable bonds is 4. The predicted octanol–water partition coefficient (Wildman–Crippen LogP) is 3.26. The van der Waals surface area contributed by atoms with Crippen molar-refractivity contribution < 1.29 is 8.42 Å². The lowest BCUT2D eigenvalue weighted by molar-refractivity contribution is 0.602. The Morgan fingerprint density at radius 1 is 0.968 bits per heavy atom. The number of benzene rings is 2. The van der Waals surface area contributed by atoms with Gasteiger partial charge in [0.2, 0.25) is 0 Å². The lowest BCUT2D eigenvalue weighted by atomic mass is 10.1. The monoisotopic (exact) mass is 430 g/mol. The van der Waals surface area contributed by atoms with Crippen molar-refractivity contribution >= 4 is 31.8 Å². The molecule has 0 bridgehead atoms. The zero-order valence-corrected chi connectivity index (χ0v) is 17.4. The molecule has 0 saturated carbocycles. The van der Waals surface area contributed by atoms with E-state index in [9.17, 15) is 13.2 Å². The highest BCUT2D eigenvalue weighted by Gasteiger charge is 2.19. The summed E-state index contributed by atoms with van der Waals surface area (Å²) in [4.78, 5) is 18.3. The van der Waals surface area contributed by atoms with E-state index in [1.807, 2.05) is 42.5 Å². The average Bonchev–Trinajstić information content (AvgIpc) is 3.19. The maximum atomic E-state index is 13.6. The summed E-state index contributed by atoms with van der Waals surface area (Å²) in [5, 5.41) is 8.73. The van der Waals surface area contributed by atoms with Crippen molar-refractivity contribution in [2.75, 3.05) is 6.26 Å². The number of para-hydroxylation sites is 1. The number of pyridine rings is 2. The molecule has 0 radical (unpaired) electrons. The summed E-state index contributed by atoms with van der Waals surface area (Å²) in [6.45, 7) is 0. The van der Waals surface area contributed by atoms with Crippen LogP contribution in [0, 0.1) is 0 Å². The van der Waals surface area contributed by atoms with Gasteiger partial charge in [0.15, 0.2) is 9.84 Å². The van der Waals surface area contributed by atoms with Crippen LogP contribution in [0.1, 0.15) is 11.3 Å². The second-order valence-electron chi connectivity index (χ2n) is 7.36. The van der Waals surface area contributed by atoms with Crippen molar-refractivity contribution in [3.63, 3.8) is 0 Å². The Hall–Kier alpha value is -3.78. The maximum absolute atomic E-state index is 13.6. The Morgan fingerprint density at radius 3 is 2.42 bits per heavy atom. The molecule has 0 amide bonds. The molecule has 0 unspecified atom stereocenters. The van der Waals surface area contributed by atoms with Gasteiger partial charge in [0, 0.05) is 24.3 Å². The Balaban J connectivity index is 1.71. The van der Waals surface area contributed by atoms with E-state index in [1.165, 1.54) is 6.26 Å². The standard InChI is InChI=1S/C23H18N4O3S/c1-31(29,30)17-11-9-15(10-12-17)14-19-20-21(26-25-19)18-8-5-13-24-22(18)27(23(20)28)16-6-3-2-4-7-16/h2-13H,14H2,1H3,(H,25,26). The minimum atomic E-state index is -3.27. The van der Waals surface area contributed by atoms with Crippen LogP contribution in [0.25, 0.3) is 27.6 Å². The van der Waals surface area contributed by atoms with Gasteiger partial charge in [-0.25, -0.2) is 13.4 Å². The first-order chi connectivity index (χ1) is 14.9. The quantitative estimate of drug-likeness (QED) is 0.472. The van der Waals surface area contributed by atoms with Crippen molar-refractivity contribution in [3.05, 3.63) is 94.5 Å². The Labute approximate surface area is 177 Å². The number of aromatic amines is 1. The molecule has 3 heterocycles. The smallest absolute Gasteiger partial charge is 0.268 e. The van der Waals surface area contributed by atoms with Gasteiger partial charge in [0.05, 0.1) is 27.2 Å². The van der Waals surface area contributed by atoms with Crippen molar-refractivity contribution in [3.8, 4) is 5.69 Å². The van der Waals surface area contributed by atoms with Crippen LogP contribution in [-0.4, -0.2) is 34.4 Å². The van der Waals surface area contributed by atoms with Gasteiger partial charge in [-0.3, -0.25) is 14.5 Å². The predicted molar refractivity (Wildman–Crippen MR) is 119 cm³/mol. The average molecular weight is 430 g/mol. The summed E-state index contributed by atoms with van der Waals surface area (Å²) >= 11 is 0. The molecule has 0 saturated heterocycles. The number of hydrogen-bond donors (Lipinski definition) is 1. The molecular weight excluding hydrogens is 412 g/mol. The molecule has 0 atom stereocenters. The highest BCUT2D eigenvalue weighted by molar-refractivity contribution is 7.90. The van der Waals surface area contributed by atoms with E-state index in [2.05, 4.69) is 15.2 Å². The number of fused-ring (bicyclic) bond motifs is 3. The van der Waals surface area contributed by atoms with Gasteiger partial charge in [-0.15, -0.1) is 0 Å². The highest BCUT2D eigenvalue weighted by atomic mass is 32.2. The van der Waals surface area contributed by atoms with Crippen LogP contribution in [-0.2, 0) is 16.3 Å². The molecule has 154 valence electrons. The number of nitrogens with zero attached hydrogens (tertiary/aromatic N) is 3. The summed E-state index contributed by atoms with van der Waals surface area (Å²) < 4.78 is 25.0. The first-order valence-electron chi connectivity index (χ1n) is 9.64. The fraction of sp³-hybridized carbons (Fsp3) is 0.0870. The number of sulfone groups is 1. The van der Waals surface area contributed by atoms with Gasteiger partial charge in [0.25, 0.3) is 5.56 Å². The molecule has 5 aromatic rings. The van der Waals surface area contributed by atoms with Crippen molar-refractivity contribution in [1.29, 1.82) is 0 Å². The van der Waals surface area contributed by atoms with E-state index in [4.69, 9.17) is 0 Å². The number of aromatic nitrogens is 4. The Bertz CT molecular complexity index is 1590. The molecule has 8 heteroatoms. The lowest BCUT2D eigenvalue weighted by Gasteiger charge is -2.10. The van der Waals surface area contributed by atoms with Crippen LogP contribution in [0.4, 0.5) is 0 Å². The van der Waals surface area contributed by atoms with Crippen LogP contribution >= 0.6 is 0 Å². The van der Waals surface area contributed by atoms with Crippen molar-refractivity contribution in [2.24, 2.45) is 0 Å². The highest BCUT2D eigenvalue weighted by Crippen LogP contribution is 2.25. The number of hydrogen-bond acceptors (Lipinski definition) is 5. The van der Waals surface area contributed by atoms with Gasteiger partial charge in [0.1, 0.15) is 5.65 Å². The zero-order chi connectivity index (χ0) is 21.6. The maximum Gasteiger partial charge on any atom is 0.268 e. The van der Waals surface area contributed by atoms with Gasteiger partial charge >= 0.3 is 0 Å². The van der Waals surface area contributed by atoms with Crippen LogP contribution < -0.4 is 5.56 Å². The number of nitrogens with one attached hydrogen (secondary N) is 1. The molecule has 0 aliphatic rings. The van der Waals surface area contributed by atoms with Gasteiger partial charge in [-0.1, -0.05) is 30.3 Å². The summed E-state index contributed by atoms with van der Waals surface area (Å²) in [6, 6.07) is 19.7. The molecule has 0 aliphatic heterocycles. The molecule has 1 N–H and O–H groups in total. The van der Waals surface area contributed by atoms with Gasteiger partial charge < -0.3 is 0 Å². The van der Waals surface area contributed by atoms with E-state index >= 15 is 0 Å². The molecule has 7 nitrogen and oxygen atoms in total. The summed E-state index contributed by atoms with van der Waals surface area (Å²) in [7, 11) is -3.27. The van der Waals surface area contributed by atoms with E-state index in [0.717, 1.165) is 16.6 Å². The van der Waals surface area contributed by atoms with Crippen LogP contribution in [0.2, 0.25) is 0 Å². The topological polar surface area (TPSA) is 97.7 Å². The summed E-state index contributed by atoms with van der Waals surface area (Å²) in [5.74, 6) is 0. The minimum absolute atomic E-state index is 0.205. The third kappa shape index (κ3) is 3.30. The SMILES string of the molecule is CS(=O)(=O)c1ccc(Cc2n[nH]c3c2c(=O)n(-c2ccccc2)c2ncccc32)cc1. The largest absolute Gasteiger partial charge is 0.277 e. The third-order valence-electron chi connectivity index (χ3n) is 5.26. The fourth-order valence-electron chi connectivity index (χ4n) is 3.78. The molecule has 5 rings (SSSR count). The molecule has 2 aromatic carbocycles. The molecular formula is C23H18N4O3S. The molecule has 0 fully saturated rings. The van der Waals surface area contributed by atoms with Crippen LogP contribution in [0.3, 0.4) is 0 Å². The first kappa shape index (κ1) is 19.2. The van der Waals surface area contributed by atoms with Crippen molar-refractivity contribution in [2.45, 2.75) is 11.3 Å². The lowest BCUT2D eigenvalue weighted by Crippen LogP contribution is -2.20.